The van der Waals surface area contributed by atoms with Gasteiger partial charge in [-0.05, 0) is 50.3 Å². The van der Waals surface area contributed by atoms with Crippen molar-refractivity contribution >= 4 is 15.9 Å². The van der Waals surface area contributed by atoms with Crippen molar-refractivity contribution in [1.29, 1.82) is 0 Å². The zero-order valence-electron chi connectivity index (χ0n) is 15.2. The van der Waals surface area contributed by atoms with Crippen molar-refractivity contribution in [3.05, 3.63) is 35.9 Å². The van der Waals surface area contributed by atoms with Gasteiger partial charge in [0.1, 0.15) is 0 Å². The predicted molar refractivity (Wildman–Crippen MR) is 102 cm³/mol. The summed E-state index contributed by atoms with van der Waals surface area (Å²) in [6, 6.07) is 9.21. The molecule has 3 rings (SSSR count). The number of carbonyl (C=O) groups excluding carboxylic acids is 1. The van der Waals surface area contributed by atoms with Crippen molar-refractivity contribution in [2.24, 2.45) is 11.8 Å². The summed E-state index contributed by atoms with van der Waals surface area (Å²) in [6.45, 7) is 3.58. The molecule has 7 heteroatoms. The molecule has 0 aliphatic carbocycles. The number of hydrogen-bond donors (Lipinski definition) is 2. The van der Waals surface area contributed by atoms with Crippen LogP contribution in [0.2, 0.25) is 0 Å². The summed E-state index contributed by atoms with van der Waals surface area (Å²) in [7, 11) is -3.39. The van der Waals surface area contributed by atoms with E-state index in [1.54, 1.807) is 0 Å². The molecule has 0 bridgehead atoms. The van der Waals surface area contributed by atoms with E-state index in [-0.39, 0.29) is 17.6 Å². The summed E-state index contributed by atoms with van der Waals surface area (Å²) in [4.78, 5) is 12.5. The van der Waals surface area contributed by atoms with E-state index in [1.165, 1.54) is 10.7 Å². The monoisotopic (exact) mass is 379 g/mol. The molecule has 2 saturated heterocycles. The Balaban J connectivity index is 1.50. The van der Waals surface area contributed by atoms with Crippen LogP contribution >= 0.6 is 0 Å². The molecule has 0 spiro atoms. The molecule has 6 nitrogen and oxygen atoms in total. The van der Waals surface area contributed by atoms with Gasteiger partial charge in [0, 0.05) is 19.6 Å². The summed E-state index contributed by atoms with van der Waals surface area (Å²) in [5.41, 5.74) is 0.782. The lowest BCUT2D eigenvalue weighted by Gasteiger charge is -2.31. The maximum absolute atomic E-state index is 12.7. The number of nitrogens with one attached hydrogen (secondary N) is 2. The number of carbonyl (C=O) groups is 1. The molecule has 1 aromatic rings. The van der Waals surface area contributed by atoms with E-state index in [1.807, 2.05) is 30.3 Å². The molecule has 2 fully saturated rings. The van der Waals surface area contributed by atoms with Crippen LogP contribution in [0.25, 0.3) is 0 Å². The second-order valence-corrected chi connectivity index (χ2v) is 9.35. The minimum Gasteiger partial charge on any atom is -0.356 e. The van der Waals surface area contributed by atoms with Crippen LogP contribution in [0.3, 0.4) is 0 Å². The van der Waals surface area contributed by atoms with Crippen LogP contribution in [-0.2, 0) is 20.6 Å². The average molecular weight is 380 g/mol. The van der Waals surface area contributed by atoms with Crippen LogP contribution in [-0.4, -0.2) is 51.4 Å². The van der Waals surface area contributed by atoms with Gasteiger partial charge in [-0.1, -0.05) is 30.3 Å². The van der Waals surface area contributed by atoms with Crippen LogP contribution in [0.5, 0.6) is 0 Å². The van der Waals surface area contributed by atoms with Gasteiger partial charge in [0.15, 0.2) is 0 Å². The third-order valence-corrected chi connectivity index (χ3v) is 7.17. The SMILES string of the molecule is O=C(NCCC1CCNC1)C1CCCN(S(=O)(=O)Cc2ccccc2)C1. The Morgan fingerprint density at radius 3 is 2.77 bits per heavy atom. The van der Waals surface area contributed by atoms with Gasteiger partial charge in [0.05, 0.1) is 11.7 Å². The molecule has 2 atom stereocenters. The van der Waals surface area contributed by atoms with Gasteiger partial charge in [0.25, 0.3) is 0 Å². The van der Waals surface area contributed by atoms with Gasteiger partial charge in [-0.25, -0.2) is 12.7 Å². The lowest BCUT2D eigenvalue weighted by atomic mass is 9.98. The fourth-order valence-electron chi connectivity index (χ4n) is 3.79. The smallest absolute Gasteiger partial charge is 0.224 e. The van der Waals surface area contributed by atoms with Crippen molar-refractivity contribution in [2.75, 3.05) is 32.7 Å². The topological polar surface area (TPSA) is 78.5 Å². The van der Waals surface area contributed by atoms with E-state index < -0.39 is 10.0 Å². The summed E-state index contributed by atoms with van der Waals surface area (Å²) >= 11 is 0. The molecule has 0 saturated carbocycles. The standard InChI is InChI=1S/C19H29N3O3S/c23-19(21-11-9-16-8-10-20-13-16)18-7-4-12-22(14-18)26(24,25)15-17-5-2-1-3-6-17/h1-3,5-6,16,18,20H,4,7-15H2,(H,21,23). The maximum atomic E-state index is 12.7. The Hall–Kier alpha value is -1.44. The maximum Gasteiger partial charge on any atom is 0.224 e. The largest absolute Gasteiger partial charge is 0.356 e. The molecular formula is C19H29N3O3S. The molecule has 1 amide bonds. The first-order valence-corrected chi connectivity index (χ1v) is 11.2. The molecule has 0 radical (unpaired) electrons. The van der Waals surface area contributed by atoms with Crippen LogP contribution in [0.1, 0.15) is 31.2 Å². The summed E-state index contributed by atoms with van der Waals surface area (Å²) in [6.07, 6.45) is 3.65. The van der Waals surface area contributed by atoms with Gasteiger partial charge >= 0.3 is 0 Å². The Labute approximate surface area is 156 Å². The third-order valence-electron chi connectivity index (χ3n) is 5.35. The molecule has 1 aromatic carbocycles. The number of piperidine rings is 1. The summed E-state index contributed by atoms with van der Waals surface area (Å²) in [5.74, 6) is 0.396. The van der Waals surface area contributed by atoms with Crippen LogP contribution in [0.15, 0.2) is 30.3 Å². The molecule has 144 valence electrons. The lowest BCUT2D eigenvalue weighted by molar-refractivity contribution is -0.126. The Morgan fingerprint density at radius 1 is 1.23 bits per heavy atom. The van der Waals surface area contributed by atoms with E-state index in [0.717, 1.165) is 37.9 Å². The van der Waals surface area contributed by atoms with Gasteiger partial charge in [-0.15, -0.1) is 0 Å². The number of amides is 1. The lowest BCUT2D eigenvalue weighted by Crippen LogP contribution is -2.46. The average Bonchev–Trinajstić information content (AvgIpc) is 3.16. The molecule has 2 aliphatic heterocycles. The number of rotatable bonds is 7. The van der Waals surface area contributed by atoms with E-state index >= 15 is 0 Å². The molecule has 0 aromatic heterocycles. The van der Waals surface area contributed by atoms with E-state index in [2.05, 4.69) is 10.6 Å². The number of benzene rings is 1. The van der Waals surface area contributed by atoms with E-state index in [0.29, 0.717) is 25.6 Å². The minimum atomic E-state index is -3.39. The van der Waals surface area contributed by atoms with E-state index in [9.17, 15) is 13.2 Å². The first-order valence-electron chi connectivity index (χ1n) is 9.55. The highest BCUT2D eigenvalue weighted by Crippen LogP contribution is 2.22. The Bertz CT molecular complexity index is 687. The number of sulfonamides is 1. The van der Waals surface area contributed by atoms with Crippen LogP contribution in [0, 0.1) is 11.8 Å². The van der Waals surface area contributed by atoms with E-state index in [4.69, 9.17) is 0 Å². The highest BCUT2D eigenvalue weighted by Gasteiger charge is 2.32. The first-order chi connectivity index (χ1) is 12.5. The quantitative estimate of drug-likeness (QED) is 0.749. The van der Waals surface area contributed by atoms with Crippen molar-refractivity contribution < 1.29 is 13.2 Å². The van der Waals surface area contributed by atoms with Crippen molar-refractivity contribution in [3.63, 3.8) is 0 Å². The first kappa shape index (κ1) is 19.3. The van der Waals surface area contributed by atoms with Gasteiger partial charge in [-0.3, -0.25) is 4.79 Å². The number of nitrogens with zero attached hydrogens (tertiary/aromatic N) is 1. The molecular weight excluding hydrogens is 350 g/mol. The van der Waals surface area contributed by atoms with Gasteiger partial charge < -0.3 is 10.6 Å². The fourth-order valence-corrected chi connectivity index (χ4v) is 5.40. The van der Waals surface area contributed by atoms with Crippen LogP contribution < -0.4 is 10.6 Å². The molecule has 2 N–H and O–H groups in total. The third kappa shape index (κ3) is 5.28. The zero-order chi connectivity index (χ0) is 18.4. The minimum absolute atomic E-state index is 0.00312. The van der Waals surface area contributed by atoms with Crippen molar-refractivity contribution in [2.45, 2.75) is 31.4 Å². The van der Waals surface area contributed by atoms with Crippen LogP contribution in [0.4, 0.5) is 0 Å². The van der Waals surface area contributed by atoms with Crippen molar-refractivity contribution in [1.82, 2.24) is 14.9 Å². The molecule has 26 heavy (non-hydrogen) atoms. The molecule has 2 aliphatic rings. The second-order valence-electron chi connectivity index (χ2n) is 7.38. The molecule has 2 heterocycles. The second kappa shape index (κ2) is 8.97. The zero-order valence-corrected chi connectivity index (χ0v) is 16.0. The Kier molecular flexibility index (Phi) is 6.67. The van der Waals surface area contributed by atoms with Gasteiger partial charge in [-0.2, -0.15) is 0 Å². The number of hydrogen-bond acceptors (Lipinski definition) is 4. The Morgan fingerprint density at radius 2 is 2.04 bits per heavy atom. The summed E-state index contributed by atoms with van der Waals surface area (Å²) in [5, 5.41) is 6.34. The van der Waals surface area contributed by atoms with Gasteiger partial charge in [0.2, 0.25) is 15.9 Å². The predicted octanol–water partition coefficient (Wildman–Crippen LogP) is 1.34. The summed E-state index contributed by atoms with van der Waals surface area (Å²) < 4.78 is 26.9. The highest BCUT2D eigenvalue weighted by atomic mass is 32.2. The molecule has 2 unspecified atom stereocenters. The normalized spacial score (nSPS) is 24.5. The fraction of sp³-hybridized carbons (Fsp3) is 0.632. The van der Waals surface area contributed by atoms with Crippen molar-refractivity contribution in [3.8, 4) is 0 Å². The highest BCUT2D eigenvalue weighted by molar-refractivity contribution is 7.88.